The molecule has 126 valence electrons. The van der Waals surface area contributed by atoms with E-state index in [4.69, 9.17) is 4.74 Å². The molecular formula is C17H26N3O3+. The van der Waals surface area contributed by atoms with E-state index < -0.39 is 0 Å². The lowest BCUT2D eigenvalue weighted by Crippen LogP contribution is -3.11. The molecule has 23 heavy (non-hydrogen) atoms. The smallest absolute Gasteiger partial charge is 0.279 e. The van der Waals surface area contributed by atoms with Gasteiger partial charge in [0, 0.05) is 18.8 Å². The number of ether oxygens (including phenoxy) is 1. The summed E-state index contributed by atoms with van der Waals surface area (Å²) < 4.78 is 5.24. The molecule has 0 saturated carbocycles. The van der Waals surface area contributed by atoms with Crippen LogP contribution in [0.4, 0.5) is 5.69 Å². The number of nitrogens with one attached hydrogen (secondary N) is 2. The molecule has 2 rings (SSSR count). The average molecular weight is 320 g/mol. The molecule has 0 spiro atoms. The lowest BCUT2D eigenvalue weighted by molar-refractivity contribution is -0.862. The summed E-state index contributed by atoms with van der Waals surface area (Å²) in [5.74, 6) is -0.00523. The Morgan fingerprint density at radius 3 is 2.57 bits per heavy atom. The first kappa shape index (κ1) is 17.4. The Balaban J connectivity index is 1.81. The number of morpholine rings is 1. The third-order valence-electron chi connectivity index (χ3n) is 3.94. The molecule has 2 N–H and O–H groups in total. The average Bonchev–Trinajstić information content (AvgIpc) is 2.50. The van der Waals surface area contributed by atoms with Crippen LogP contribution in [0.2, 0.25) is 0 Å². The van der Waals surface area contributed by atoms with Gasteiger partial charge in [0.15, 0.2) is 13.1 Å². The second-order valence-corrected chi connectivity index (χ2v) is 6.17. The highest BCUT2D eigenvalue weighted by Gasteiger charge is 2.21. The number of likely N-dealkylation sites (N-methyl/N-ethyl adjacent to an activating group) is 1. The van der Waals surface area contributed by atoms with Gasteiger partial charge in [0.2, 0.25) is 0 Å². The molecule has 1 unspecified atom stereocenters. The van der Waals surface area contributed by atoms with Crippen molar-refractivity contribution in [2.24, 2.45) is 0 Å². The van der Waals surface area contributed by atoms with E-state index in [0.29, 0.717) is 32.8 Å². The van der Waals surface area contributed by atoms with Crippen LogP contribution in [-0.4, -0.2) is 63.2 Å². The van der Waals surface area contributed by atoms with Gasteiger partial charge < -0.3 is 19.9 Å². The van der Waals surface area contributed by atoms with Gasteiger partial charge in [-0.15, -0.1) is 0 Å². The molecular weight excluding hydrogens is 294 g/mol. The minimum Gasteiger partial charge on any atom is -0.378 e. The van der Waals surface area contributed by atoms with Crippen LogP contribution in [-0.2, 0) is 14.3 Å². The molecule has 0 aliphatic carbocycles. The zero-order chi connectivity index (χ0) is 16.8. The zero-order valence-electron chi connectivity index (χ0n) is 14.1. The number of benzene rings is 1. The normalized spacial score (nSPS) is 16.0. The van der Waals surface area contributed by atoms with Crippen molar-refractivity contribution < 1.29 is 19.2 Å². The van der Waals surface area contributed by atoms with Crippen LogP contribution >= 0.6 is 0 Å². The molecule has 2 amide bonds. The fourth-order valence-electron chi connectivity index (χ4n) is 2.67. The predicted molar refractivity (Wildman–Crippen MR) is 88.6 cm³/mol. The van der Waals surface area contributed by atoms with Crippen molar-refractivity contribution >= 4 is 17.5 Å². The van der Waals surface area contributed by atoms with Gasteiger partial charge in [0.05, 0.1) is 20.3 Å². The topological polar surface area (TPSA) is 63.1 Å². The summed E-state index contributed by atoms with van der Waals surface area (Å²) >= 11 is 0. The first-order valence-electron chi connectivity index (χ1n) is 7.99. The predicted octanol–water partition coefficient (Wildman–Crippen LogP) is -0.385. The van der Waals surface area contributed by atoms with Crippen molar-refractivity contribution in [1.29, 1.82) is 0 Å². The van der Waals surface area contributed by atoms with Crippen LogP contribution < -0.4 is 10.2 Å². The third-order valence-corrected chi connectivity index (χ3v) is 3.94. The van der Waals surface area contributed by atoms with E-state index in [1.54, 1.807) is 4.90 Å². The fraction of sp³-hybridized carbons (Fsp3) is 0.529. The number of carbonyl (C=O) groups excluding carboxylic acids is 2. The van der Waals surface area contributed by atoms with Crippen LogP contribution in [0, 0.1) is 13.8 Å². The number of hydrogen-bond acceptors (Lipinski definition) is 3. The molecule has 0 radical (unpaired) electrons. The largest absolute Gasteiger partial charge is 0.378 e. The Bertz CT molecular complexity index is 568. The number of nitrogens with zero attached hydrogens (tertiary/aromatic N) is 1. The van der Waals surface area contributed by atoms with Crippen LogP contribution in [0.25, 0.3) is 0 Å². The maximum absolute atomic E-state index is 12.2. The highest BCUT2D eigenvalue weighted by atomic mass is 16.5. The van der Waals surface area contributed by atoms with E-state index in [0.717, 1.165) is 16.2 Å². The van der Waals surface area contributed by atoms with Crippen molar-refractivity contribution in [3.63, 3.8) is 0 Å². The molecule has 1 aromatic carbocycles. The first-order chi connectivity index (χ1) is 11.0. The maximum Gasteiger partial charge on any atom is 0.279 e. The summed E-state index contributed by atoms with van der Waals surface area (Å²) in [6, 6.07) is 5.92. The number of anilines is 1. The summed E-state index contributed by atoms with van der Waals surface area (Å²) in [5, 5.41) is 2.92. The quantitative estimate of drug-likeness (QED) is 0.777. The molecule has 0 bridgehead atoms. The second-order valence-electron chi connectivity index (χ2n) is 6.17. The molecule has 6 nitrogen and oxygen atoms in total. The minimum absolute atomic E-state index is 0.0742. The summed E-state index contributed by atoms with van der Waals surface area (Å²) in [4.78, 5) is 27.0. The van der Waals surface area contributed by atoms with Gasteiger partial charge in [-0.2, -0.15) is 0 Å². The summed E-state index contributed by atoms with van der Waals surface area (Å²) in [6.45, 7) is 7.05. The number of aryl methyl sites for hydroxylation is 2. The number of quaternary nitrogens is 1. The standard InChI is InChI=1S/C17H25N3O3/c1-13-4-5-15(14(2)10-13)18-16(21)11-19(3)12-17(22)20-6-8-23-9-7-20/h4-5,10H,6-9,11-12H2,1-3H3,(H,18,21)/p+1. The van der Waals surface area contributed by atoms with Gasteiger partial charge in [-0.1, -0.05) is 17.7 Å². The fourth-order valence-corrected chi connectivity index (χ4v) is 2.67. The van der Waals surface area contributed by atoms with E-state index in [-0.39, 0.29) is 18.4 Å². The Hall–Kier alpha value is -1.92. The van der Waals surface area contributed by atoms with Gasteiger partial charge >= 0.3 is 0 Å². The lowest BCUT2D eigenvalue weighted by Gasteiger charge is -2.27. The number of rotatable bonds is 5. The Morgan fingerprint density at radius 1 is 1.22 bits per heavy atom. The highest BCUT2D eigenvalue weighted by Crippen LogP contribution is 2.15. The summed E-state index contributed by atoms with van der Waals surface area (Å²) in [5.41, 5.74) is 3.03. The molecule has 1 heterocycles. The summed E-state index contributed by atoms with van der Waals surface area (Å²) in [6.07, 6.45) is 0. The van der Waals surface area contributed by atoms with E-state index in [9.17, 15) is 9.59 Å². The highest BCUT2D eigenvalue weighted by molar-refractivity contribution is 5.92. The Morgan fingerprint density at radius 2 is 1.91 bits per heavy atom. The van der Waals surface area contributed by atoms with Gasteiger partial charge in [-0.05, 0) is 25.5 Å². The maximum atomic E-state index is 12.2. The Kier molecular flexibility index (Phi) is 6.12. The molecule has 1 aromatic rings. The lowest BCUT2D eigenvalue weighted by atomic mass is 10.1. The molecule has 1 saturated heterocycles. The number of amides is 2. The summed E-state index contributed by atoms with van der Waals surface area (Å²) in [7, 11) is 1.86. The molecule has 6 heteroatoms. The van der Waals surface area contributed by atoms with Crippen molar-refractivity contribution in [2.45, 2.75) is 13.8 Å². The number of hydrogen-bond donors (Lipinski definition) is 2. The van der Waals surface area contributed by atoms with Crippen molar-refractivity contribution in [2.75, 3.05) is 51.8 Å². The van der Waals surface area contributed by atoms with Crippen LogP contribution in [0.3, 0.4) is 0 Å². The SMILES string of the molecule is Cc1ccc(NC(=O)C[NH+](C)CC(=O)N2CCOCC2)c(C)c1. The van der Waals surface area contributed by atoms with E-state index in [1.807, 2.05) is 39.1 Å². The van der Waals surface area contributed by atoms with E-state index in [2.05, 4.69) is 5.32 Å². The molecule has 1 aliphatic heterocycles. The van der Waals surface area contributed by atoms with Crippen LogP contribution in [0.1, 0.15) is 11.1 Å². The molecule has 1 atom stereocenters. The number of carbonyl (C=O) groups is 2. The Labute approximate surface area is 137 Å². The third kappa shape index (κ3) is 5.33. The minimum atomic E-state index is -0.0794. The van der Waals surface area contributed by atoms with Gasteiger partial charge in [-0.3, -0.25) is 9.59 Å². The van der Waals surface area contributed by atoms with Crippen LogP contribution in [0.15, 0.2) is 18.2 Å². The second kappa shape index (κ2) is 8.08. The van der Waals surface area contributed by atoms with Gasteiger partial charge in [0.25, 0.3) is 11.8 Å². The monoisotopic (exact) mass is 320 g/mol. The molecule has 1 fully saturated rings. The van der Waals surface area contributed by atoms with Crippen molar-refractivity contribution in [3.8, 4) is 0 Å². The van der Waals surface area contributed by atoms with E-state index >= 15 is 0 Å². The molecule has 0 aromatic heterocycles. The zero-order valence-corrected chi connectivity index (χ0v) is 14.1. The van der Waals surface area contributed by atoms with Crippen LogP contribution in [0.5, 0.6) is 0 Å². The van der Waals surface area contributed by atoms with E-state index in [1.165, 1.54) is 5.56 Å². The van der Waals surface area contributed by atoms with Gasteiger partial charge in [0.1, 0.15) is 0 Å². The van der Waals surface area contributed by atoms with Crippen molar-refractivity contribution in [1.82, 2.24) is 4.90 Å². The van der Waals surface area contributed by atoms with Gasteiger partial charge in [-0.25, -0.2) is 0 Å². The first-order valence-corrected chi connectivity index (χ1v) is 7.99. The van der Waals surface area contributed by atoms with Crippen molar-refractivity contribution in [3.05, 3.63) is 29.3 Å². The molecule has 1 aliphatic rings.